The summed E-state index contributed by atoms with van der Waals surface area (Å²) in [5.41, 5.74) is 0. The smallest absolute Gasteiger partial charge is 0.549 e. The SMILES string of the molecule is CCCCCCCCCCC(C(=O)[O-])S(=O)(=O)O.CCCCCCCCCCC(C(=O)[O-])S(=O)(=O)O.[Ca+2]. The van der Waals surface area contributed by atoms with Gasteiger partial charge in [-0.3, -0.25) is 9.11 Å². The third-order valence-corrected chi connectivity index (χ3v) is 8.18. The average Bonchev–Trinajstić information content (AvgIpc) is 2.75. The van der Waals surface area contributed by atoms with E-state index in [1.165, 1.54) is 38.5 Å². The molecule has 0 aliphatic rings. The maximum absolute atomic E-state index is 10.7. The van der Waals surface area contributed by atoms with Gasteiger partial charge in [-0.1, -0.05) is 117 Å². The van der Waals surface area contributed by atoms with E-state index in [4.69, 9.17) is 9.11 Å². The number of carbonyl (C=O) groups excluding carboxylic acids is 2. The summed E-state index contributed by atoms with van der Waals surface area (Å²) in [5, 5.41) is 17.5. The van der Waals surface area contributed by atoms with Gasteiger partial charge in [0, 0.05) is 0 Å². The molecule has 0 rings (SSSR count). The van der Waals surface area contributed by atoms with E-state index in [1.807, 2.05) is 0 Å². The van der Waals surface area contributed by atoms with Crippen molar-refractivity contribution in [2.75, 3.05) is 0 Å². The summed E-state index contributed by atoms with van der Waals surface area (Å²) in [6, 6.07) is 0. The molecule has 0 aliphatic carbocycles. The van der Waals surface area contributed by atoms with E-state index < -0.39 is 42.7 Å². The maximum atomic E-state index is 10.7. The van der Waals surface area contributed by atoms with Gasteiger partial charge in [0.1, 0.15) is 10.5 Å². The number of carboxylic acid groups (broad SMARTS) is 2. The van der Waals surface area contributed by atoms with E-state index in [1.54, 1.807) is 0 Å². The second-order valence-corrected chi connectivity index (χ2v) is 12.4. The second-order valence-electron chi connectivity index (χ2n) is 9.17. The number of hydrogen-bond acceptors (Lipinski definition) is 8. The van der Waals surface area contributed by atoms with Crippen LogP contribution in [0.15, 0.2) is 0 Å². The van der Waals surface area contributed by atoms with E-state index in [2.05, 4.69) is 13.8 Å². The summed E-state index contributed by atoms with van der Waals surface area (Å²) in [6.07, 6.45) is 16.1. The van der Waals surface area contributed by atoms with E-state index in [9.17, 15) is 36.6 Å². The summed E-state index contributed by atoms with van der Waals surface area (Å²) in [6.45, 7) is 4.30. The van der Waals surface area contributed by atoms with Gasteiger partial charge in [-0.05, 0) is 12.8 Å². The standard InChI is InChI=1S/2C12H24O5S.Ca/c2*1-2-3-4-5-6-7-8-9-10-11(12(13)14)18(15,16)17;/h2*11H,2-10H2,1H3,(H,13,14)(H,15,16,17);/q;;+2/p-2. The average molecular weight is 599 g/mol. The van der Waals surface area contributed by atoms with Crippen LogP contribution < -0.4 is 10.2 Å². The van der Waals surface area contributed by atoms with Crippen LogP contribution in [0, 0.1) is 0 Å². The molecule has 0 aromatic carbocycles. The Bertz CT molecular complexity index is 719. The summed E-state index contributed by atoms with van der Waals surface area (Å²) in [4.78, 5) is 21.1. The van der Waals surface area contributed by atoms with E-state index >= 15 is 0 Å². The van der Waals surface area contributed by atoms with Gasteiger partial charge < -0.3 is 19.8 Å². The molecule has 0 radical (unpaired) electrons. The molecule has 37 heavy (non-hydrogen) atoms. The normalized spacial score (nSPS) is 13.1. The molecule has 0 bridgehead atoms. The third-order valence-electron chi connectivity index (χ3n) is 5.88. The Morgan fingerprint density at radius 3 is 0.946 bits per heavy atom. The Hall–Kier alpha value is 0.0197. The van der Waals surface area contributed by atoms with E-state index in [0.29, 0.717) is 12.8 Å². The van der Waals surface area contributed by atoms with Crippen LogP contribution in [0.5, 0.6) is 0 Å². The fourth-order valence-electron chi connectivity index (χ4n) is 3.70. The van der Waals surface area contributed by atoms with Crippen LogP contribution in [0.25, 0.3) is 0 Å². The molecular formula is C24H46CaO10S2. The molecule has 0 heterocycles. The molecule has 0 aliphatic heterocycles. The quantitative estimate of drug-likeness (QED) is 0.106. The Kier molecular flexibility index (Phi) is 28.1. The Balaban J connectivity index is -0.000000608. The molecule has 0 spiro atoms. The van der Waals surface area contributed by atoms with Gasteiger partial charge >= 0.3 is 37.7 Å². The summed E-state index contributed by atoms with van der Waals surface area (Å²) in [5.74, 6) is -3.44. The van der Waals surface area contributed by atoms with Crippen LogP contribution in [0.3, 0.4) is 0 Å². The van der Waals surface area contributed by atoms with Crippen LogP contribution in [0.2, 0.25) is 0 Å². The van der Waals surface area contributed by atoms with Crippen molar-refractivity contribution in [2.24, 2.45) is 0 Å². The molecule has 0 fully saturated rings. The molecule has 0 amide bonds. The zero-order valence-electron chi connectivity index (χ0n) is 22.6. The molecule has 10 nitrogen and oxygen atoms in total. The van der Waals surface area contributed by atoms with Crippen molar-refractivity contribution in [1.29, 1.82) is 0 Å². The van der Waals surface area contributed by atoms with E-state index in [0.717, 1.165) is 51.4 Å². The number of hydrogen-bond donors (Lipinski definition) is 2. The minimum atomic E-state index is -4.53. The molecule has 0 saturated carbocycles. The van der Waals surface area contributed by atoms with Crippen molar-refractivity contribution in [3.8, 4) is 0 Å². The number of carboxylic acids is 2. The van der Waals surface area contributed by atoms with Crippen molar-refractivity contribution in [2.45, 2.75) is 140 Å². The molecular weight excluding hydrogens is 552 g/mol. The monoisotopic (exact) mass is 598 g/mol. The van der Waals surface area contributed by atoms with Crippen molar-refractivity contribution in [1.82, 2.24) is 0 Å². The van der Waals surface area contributed by atoms with Crippen LogP contribution in [-0.2, 0) is 29.8 Å². The van der Waals surface area contributed by atoms with Crippen LogP contribution in [0.4, 0.5) is 0 Å². The third kappa shape index (κ3) is 26.0. The first-order valence-electron chi connectivity index (χ1n) is 13.1. The zero-order valence-corrected chi connectivity index (χ0v) is 26.4. The van der Waals surface area contributed by atoms with Crippen molar-refractivity contribution in [3.63, 3.8) is 0 Å². The van der Waals surface area contributed by atoms with Gasteiger partial charge in [0.15, 0.2) is 0 Å². The largest absolute Gasteiger partial charge is 2.00 e. The number of rotatable bonds is 22. The Labute approximate surface area is 253 Å². The summed E-state index contributed by atoms with van der Waals surface area (Å²) < 4.78 is 60.4. The topological polar surface area (TPSA) is 189 Å². The molecule has 2 N–H and O–H groups in total. The van der Waals surface area contributed by atoms with Gasteiger partial charge in [-0.15, -0.1) is 0 Å². The van der Waals surface area contributed by atoms with Gasteiger partial charge in [0.25, 0.3) is 20.2 Å². The first-order valence-corrected chi connectivity index (χ1v) is 16.1. The van der Waals surface area contributed by atoms with E-state index in [-0.39, 0.29) is 50.6 Å². The number of unbranched alkanes of at least 4 members (excludes halogenated alkanes) is 14. The zero-order chi connectivity index (χ0) is 28.0. The number of aliphatic carboxylic acids is 2. The Morgan fingerprint density at radius 2 is 0.757 bits per heavy atom. The van der Waals surface area contributed by atoms with Crippen molar-refractivity contribution >= 4 is 69.9 Å². The molecule has 0 aromatic rings. The minimum absolute atomic E-state index is 0. The molecule has 0 aromatic heterocycles. The summed E-state index contributed by atoms with van der Waals surface area (Å²) >= 11 is 0. The van der Waals surface area contributed by atoms with Crippen LogP contribution in [-0.4, -0.2) is 86.1 Å². The Morgan fingerprint density at radius 1 is 0.541 bits per heavy atom. The first kappa shape index (κ1) is 41.5. The maximum Gasteiger partial charge on any atom is 2.00 e. The fraction of sp³-hybridized carbons (Fsp3) is 0.917. The van der Waals surface area contributed by atoms with Crippen molar-refractivity contribution < 1.29 is 45.7 Å². The van der Waals surface area contributed by atoms with Gasteiger partial charge in [-0.25, -0.2) is 0 Å². The number of carbonyl (C=O) groups is 2. The van der Waals surface area contributed by atoms with Crippen LogP contribution in [0.1, 0.15) is 129 Å². The summed E-state index contributed by atoms with van der Waals surface area (Å²) in [7, 11) is -9.06. The minimum Gasteiger partial charge on any atom is -0.549 e. The van der Waals surface area contributed by atoms with Gasteiger partial charge in [0.2, 0.25) is 0 Å². The van der Waals surface area contributed by atoms with Crippen molar-refractivity contribution in [3.05, 3.63) is 0 Å². The molecule has 0 saturated heterocycles. The molecule has 13 heteroatoms. The fourth-order valence-corrected chi connectivity index (χ4v) is 5.12. The molecule has 2 unspecified atom stereocenters. The predicted octanol–water partition coefficient (Wildman–Crippen LogP) is 2.67. The first-order chi connectivity index (χ1) is 16.8. The predicted molar refractivity (Wildman–Crippen MR) is 141 cm³/mol. The second kappa shape index (κ2) is 25.0. The van der Waals surface area contributed by atoms with Crippen LogP contribution >= 0.6 is 0 Å². The van der Waals surface area contributed by atoms with Gasteiger partial charge in [0.05, 0.1) is 11.9 Å². The molecule has 2 atom stereocenters. The van der Waals surface area contributed by atoms with Gasteiger partial charge in [-0.2, -0.15) is 16.8 Å². The molecule has 216 valence electrons.